The molecule has 0 aliphatic heterocycles. The lowest BCUT2D eigenvalue weighted by Gasteiger charge is -2.09. The molecule has 1 N–H and O–H groups in total. The first-order valence-corrected chi connectivity index (χ1v) is 9.82. The quantitative estimate of drug-likeness (QED) is 0.608. The Morgan fingerprint density at radius 2 is 1.81 bits per heavy atom. The number of carbonyl (C=O) groups excluding carboxylic acids is 1. The van der Waals surface area contributed by atoms with Gasteiger partial charge in [0, 0.05) is 4.88 Å². The van der Waals surface area contributed by atoms with Crippen molar-refractivity contribution < 1.29 is 4.79 Å². The summed E-state index contributed by atoms with van der Waals surface area (Å²) in [6.07, 6.45) is 5.65. The van der Waals surface area contributed by atoms with E-state index >= 15 is 0 Å². The number of nitriles is 2. The number of carbonyl (C=O) groups is 1. The van der Waals surface area contributed by atoms with E-state index < -0.39 is 5.91 Å². The molecule has 1 heterocycles. The van der Waals surface area contributed by atoms with Gasteiger partial charge in [0.05, 0.1) is 5.56 Å². The first-order chi connectivity index (χ1) is 12.9. The molecule has 0 saturated carbocycles. The van der Waals surface area contributed by atoms with Gasteiger partial charge in [-0.1, -0.05) is 17.7 Å². The van der Waals surface area contributed by atoms with Gasteiger partial charge in [-0.3, -0.25) is 4.79 Å². The number of thiophene rings is 1. The number of fused-ring (bicyclic) bond motifs is 1. The standard InChI is InChI=1S/C22H21N3OS/c1-13-8-14(2)18(15(3)9-13)10-16(11-23)21(26)25-22-19(12-24)17-6-4-5-7-20(17)27-22/h8-10H,4-7H2,1-3H3,(H,25,26)/b16-10+. The fraction of sp³-hybridized carbons (Fsp3) is 0.318. The summed E-state index contributed by atoms with van der Waals surface area (Å²) in [5, 5.41) is 22.4. The zero-order valence-electron chi connectivity index (χ0n) is 15.8. The minimum absolute atomic E-state index is 0.0420. The lowest BCUT2D eigenvalue weighted by atomic mass is 9.96. The Morgan fingerprint density at radius 3 is 2.44 bits per heavy atom. The number of hydrogen-bond donors (Lipinski definition) is 1. The van der Waals surface area contributed by atoms with Gasteiger partial charge in [0.15, 0.2) is 0 Å². The minimum Gasteiger partial charge on any atom is -0.312 e. The monoisotopic (exact) mass is 375 g/mol. The summed E-state index contributed by atoms with van der Waals surface area (Å²) in [4.78, 5) is 13.9. The molecule has 1 amide bonds. The molecule has 2 aromatic rings. The smallest absolute Gasteiger partial charge is 0.266 e. The van der Waals surface area contributed by atoms with Crippen molar-refractivity contribution in [2.24, 2.45) is 0 Å². The zero-order chi connectivity index (χ0) is 19.6. The Hall–Kier alpha value is -2.89. The summed E-state index contributed by atoms with van der Waals surface area (Å²) < 4.78 is 0. The Labute approximate surface area is 163 Å². The van der Waals surface area contributed by atoms with Crippen LogP contribution in [-0.2, 0) is 17.6 Å². The Kier molecular flexibility index (Phi) is 5.44. The second-order valence-corrected chi connectivity index (χ2v) is 8.07. The van der Waals surface area contributed by atoms with Gasteiger partial charge >= 0.3 is 0 Å². The molecule has 0 radical (unpaired) electrons. The molecular formula is C22H21N3OS. The van der Waals surface area contributed by atoms with Gasteiger partial charge in [0.1, 0.15) is 22.7 Å². The molecule has 0 unspecified atom stereocenters. The predicted molar refractivity (Wildman–Crippen MR) is 109 cm³/mol. The van der Waals surface area contributed by atoms with E-state index in [0.717, 1.165) is 53.5 Å². The topological polar surface area (TPSA) is 76.7 Å². The molecule has 1 aliphatic carbocycles. The molecule has 0 atom stereocenters. The van der Waals surface area contributed by atoms with Crippen LogP contribution >= 0.6 is 11.3 Å². The second kappa shape index (κ2) is 7.78. The van der Waals surface area contributed by atoms with Gasteiger partial charge in [-0.25, -0.2) is 0 Å². The van der Waals surface area contributed by atoms with Crippen LogP contribution in [0.15, 0.2) is 17.7 Å². The number of rotatable bonds is 3. The molecule has 4 nitrogen and oxygen atoms in total. The average Bonchev–Trinajstić information content (AvgIpc) is 2.97. The first kappa shape index (κ1) is 18.9. The average molecular weight is 375 g/mol. The van der Waals surface area contributed by atoms with Crippen molar-refractivity contribution in [1.29, 1.82) is 10.5 Å². The van der Waals surface area contributed by atoms with E-state index in [1.807, 2.05) is 39.0 Å². The van der Waals surface area contributed by atoms with Crippen molar-refractivity contribution in [2.45, 2.75) is 46.5 Å². The van der Waals surface area contributed by atoms with Crippen LogP contribution in [0.2, 0.25) is 0 Å². The number of benzene rings is 1. The van der Waals surface area contributed by atoms with E-state index in [-0.39, 0.29) is 5.57 Å². The van der Waals surface area contributed by atoms with E-state index in [0.29, 0.717) is 10.6 Å². The highest BCUT2D eigenvalue weighted by molar-refractivity contribution is 7.16. The van der Waals surface area contributed by atoms with Crippen molar-refractivity contribution in [1.82, 2.24) is 0 Å². The van der Waals surface area contributed by atoms with Crippen molar-refractivity contribution in [3.8, 4) is 12.1 Å². The molecule has 5 heteroatoms. The van der Waals surface area contributed by atoms with E-state index in [2.05, 4.69) is 11.4 Å². The Balaban J connectivity index is 1.93. The SMILES string of the molecule is Cc1cc(C)c(/C=C(\C#N)C(=O)Nc2sc3c(c2C#N)CCCC3)c(C)c1. The maximum Gasteiger partial charge on any atom is 0.266 e. The van der Waals surface area contributed by atoms with E-state index in [1.165, 1.54) is 16.2 Å². The van der Waals surface area contributed by atoms with Crippen LogP contribution in [0.1, 0.15) is 51.1 Å². The lowest BCUT2D eigenvalue weighted by molar-refractivity contribution is -0.112. The highest BCUT2D eigenvalue weighted by Gasteiger charge is 2.22. The van der Waals surface area contributed by atoms with Gasteiger partial charge in [-0.2, -0.15) is 10.5 Å². The molecule has 0 saturated heterocycles. The lowest BCUT2D eigenvalue weighted by Crippen LogP contribution is -2.13. The maximum atomic E-state index is 12.7. The number of amides is 1. The van der Waals surface area contributed by atoms with Crippen LogP contribution in [0.4, 0.5) is 5.00 Å². The van der Waals surface area contributed by atoms with Crippen molar-refractivity contribution in [3.05, 3.63) is 56.0 Å². The van der Waals surface area contributed by atoms with Crippen LogP contribution in [-0.4, -0.2) is 5.91 Å². The van der Waals surface area contributed by atoms with Gasteiger partial charge in [-0.05, 0) is 74.8 Å². The molecule has 3 rings (SSSR count). The fourth-order valence-electron chi connectivity index (χ4n) is 3.65. The van der Waals surface area contributed by atoms with Crippen molar-refractivity contribution >= 4 is 28.3 Å². The van der Waals surface area contributed by atoms with Crippen molar-refractivity contribution in [3.63, 3.8) is 0 Å². The molecule has 27 heavy (non-hydrogen) atoms. The van der Waals surface area contributed by atoms with Gasteiger partial charge in [0.25, 0.3) is 5.91 Å². The summed E-state index contributed by atoms with van der Waals surface area (Å²) in [5.74, 6) is -0.466. The van der Waals surface area contributed by atoms with Gasteiger partial charge < -0.3 is 5.32 Å². The number of anilines is 1. The third kappa shape index (κ3) is 3.79. The van der Waals surface area contributed by atoms with Crippen LogP contribution in [0, 0.1) is 43.4 Å². The first-order valence-electron chi connectivity index (χ1n) is 9.00. The fourth-order valence-corrected chi connectivity index (χ4v) is 4.89. The van der Waals surface area contributed by atoms with E-state index in [4.69, 9.17) is 0 Å². The Bertz CT molecular complexity index is 1010. The van der Waals surface area contributed by atoms with Crippen LogP contribution in [0.5, 0.6) is 0 Å². The van der Waals surface area contributed by atoms with Gasteiger partial charge in [0.2, 0.25) is 0 Å². The Morgan fingerprint density at radius 1 is 1.15 bits per heavy atom. The number of nitrogens with zero attached hydrogens (tertiary/aromatic N) is 2. The number of hydrogen-bond acceptors (Lipinski definition) is 4. The molecule has 0 spiro atoms. The summed E-state index contributed by atoms with van der Waals surface area (Å²) in [5.41, 5.74) is 5.75. The predicted octanol–water partition coefficient (Wildman–Crippen LogP) is 4.97. The summed E-state index contributed by atoms with van der Waals surface area (Å²) in [6, 6.07) is 8.31. The van der Waals surface area contributed by atoms with Crippen LogP contribution in [0.3, 0.4) is 0 Å². The zero-order valence-corrected chi connectivity index (χ0v) is 16.6. The van der Waals surface area contributed by atoms with Gasteiger partial charge in [-0.15, -0.1) is 11.3 Å². The van der Waals surface area contributed by atoms with Crippen LogP contribution in [0.25, 0.3) is 6.08 Å². The summed E-state index contributed by atoms with van der Waals surface area (Å²) in [6.45, 7) is 5.97. The molecule has 1 aromatic carbocycles. The van der Waals surface area contributed by atoms with E-state index in [9.17, 15) is 15.3 Å². The third-order valence-corrected chi connectivity index (χ3v) is 6.11. The normalized spacial score (nSPS) is 13.4. The maximum absolute atomic E-state index is 12.7. The second-order valence-electron chi connectivity index (χ2n) is 6.96. The molecular weight excluding hydrogens is 354 g/mol. The molecule has 1 aromatic heterocycles. The highest BCUT2D eigenvalue weighted by atomic mass is 32.1. The third-order valence-electron chi connectivity index (χ3n) is 4.90. The van der Waals surface area contributed by atoms with Crippen molar-refractivity contribution in [2.75, 3.05) is 5.32 Å². The molecule has 136 valence electrons. The highest BCUT2D eigenvalue weighted by Crippen LogP contribution is 2.37. The summed E-state index contributed by atoms with van der Waals surface area (Å²) >= 11 is 1.47. The largest absolute Gasteiger partial charge is 0.312 e. The number of nitrogens with one attached hydrogen (secondary N) is 1. The molecule has 0 fully saturated rings. The molecule has 0 bridgehead atoms. The minimum atomic E-state index is -0.466. The molecule has 1 aliphatic rings. The number of aryl methyl sites for hydroxylation is 4. The van der Waals surface area contributed by atoms with E-state index in [1.54, 1.807) is 6.08 Å². The summed E-state index contributed by atoms with van der Waals surface area (Å²) in [7, 11) is 0. The van der Waals surface area contributed by atoms with Crippen LogP contribution < -0.4 is 5.32 Å².